The van der Waals surface area contributed by atoms with Crippen molar-refractivity contribution in [2.75, 3.05) is 11.6 Å². The Labute approximate surface area is 228 Å². The van der Waals surface area contributed by atoms with E-state index < -0.39 is 23.5 Å². The molecule has 1 N–H and O–H groups in total. The minimum absolute atomic E-state index is 0.0437. The molecular formula is C28H58N4P2Si2. The normalized spacial score (nSPS) is 15.1. The summed E-state index contributed by atoms with van der Waals surface area (Å²) >= 11 is 0. The van der Waals surface area contributed by atoms with Crippen LogP contribution in [-0.2, 0) is 0 Å². The fourth-order valence-corrected chi connectivity index (χ4v) is 35.6. The Morgan fingerprint density at radius 2 is 1.17 bits per heavy atom. The number of nitrogens with one attached hydrogen (secondary N) is 1. The molecule has 0 saturated carbocycles. The zero-order chi connectivity index (χ0) is 28.4. The van der Waals surface area contributed by atoms with Gasteiger partial charge in [-0.25, -0.2) is 0 Å². The maximum atomic E-state index is 5.23. The van der Waals surface area contributed by atoms with Gasteiger partial charge in [-0.05, 0) is 49.6 Å². The Morgan fingerprint density at radius 3 is 1.56 bits per heavy atom. The van der Waals surface area contributed by atoms with E-state index in [1.807, 2.05) is 30.3 Å². The smallest absolute Gasteiger partial charge is 0.118 e. The first-order valence-electron chi connectivity index (χ1n) is 13.5. The molecule has 36 heavy (non-hydrogen) atoms. The molecule has 0 fully saturated rings. The van der Waals surface area contributed by atoms with Crippen LogP contribution < -0.4 is 4.65 Å². The van der Waals surface area contributed by atoms with Gasteiger partial charge in [-0.3, -0.25) is 0 Å². The van der Waals surface area contributed by atoms with Gasteiger partial charge in [-0.15, -0.1) is 5.11 Å². The van der Waals surface area contributed by atoms with Gasteiger partial charge in [-0.1, -0.05) is 135 Å². The van der Waals surface area contributed by atoms with Gasteiger partial charge < -0.3 is 4.65 Å². The van der Waals surface area contributed by atoms with E-state index in [1.54, 1.807) is 0 Å². The van der Waals surface area contributed by atoms with Crippen LogP contribution in [0.2, 0.25) is 26.2 Å². The number of hydrogen-bond acceptors (Lipinski definition) is 2. The van der Waals surface area contributed by atoms with E-state index >= 15 is 0 Å². The highest BCUT2D eigenvalue weighted by molar-refractivity contribution is 7.71. The molecule has 0 amide bonds. The van der Waals surface area contributed by atoms with Gasteiger partial charge in [0.05, 0.1) is 5.69 Å². The topological polar surface area (TPSA) is 49.1 Å². The lowest BCUT2D eigenvalue weighted by Crippen LogP contribution is -2.64. The Balaban J connectivity index is 3.46. The summed E-state index contributed by atoms with van der Waals surface area (Å²) in [6, 6.07) is 9.99. The first kappa shape index (κ1) is 33.9. The van der Waals surface area contributed by atoms with E-state index in [-0.39, 0.29) is 18.2 Å². The first-order valence-corrected chi connectivity index (χ1v) is 23.3. The monoisotopic (exact) mass is 568 g/mol. The number of nitrogens with zero attached hydrogens (tertiary/aromatic N) is 3. The van der Waals surface area contributed by atoms with Crippen molar-refractivity contribution in [3.8, 4) is 0 Å². The molecule has 1 aromatic carbocycles. The molecule has 0 aliphatic carbocycles. The van der Waals surface area contributed by atoms with Crippen LogP contribution in [0.3, 0.4) is 0 Å². The van der Waals surface area contributed by atoms with Crippen molar-refractivity contribution in [1.82, 2.24) is 4.65 Å². The van der Waals surface area contributed by atoms with Crippen LogP contribution in [0.5, 0.6) is 0 Å². The Kier molecular flexibility index (Phi) is 10.9. The van der Waals surface area contributed by atoms with E-state index in [9.17, 15) is 0 Å². The lowest BCUT2D eigenvalue weighted by atomic mass is 10.2. The third-order valence-electron chi connectivity index (χ3n) is 6.80. The number of rotatable bonds is 8. The number of hydrogen-bond donors (Lipinski definition) is 1. The van der Waals surface area contributed by atoms with Crippen molar-refractivity contribution in [2.45, 2.75) is 130 Å². The molecule has 0 aromatic heterocycles. The lowest BCUT2D eigenvalue weighted by Gasteiger charge is -2.50. The molecule has 0 radical (unpaired) electrons. The molecule has 0 atom stereocenters. The highest BCUT2D eigenvalue weighted by atomic mass is 31.2. The molecule has 0 unspecified atom stereocenters. The molecular weight excluding hydrogens is 510 g/mol. The average Bonchev–Trinajstić information content (AvgIpc) is 2.61. The molecule has 0 heterocycles. The summed E-state index contributed by atoms with van der Waals surface area (Å²) in [4.78, 5) is 5.23. The van der Waals surface area contributed by atoms with E-state index in [0.717, 1.165) is 11.5 Å². The second kappa shape index (κ2) is 11.5. The summed E-state index contributed by atoms with van der Waals surface area (Å²) in [5.41, 5.74) is 0.864. The minimum atomic E-state index is -1.92. The lowest BCUT2D eigenvalue weighted by molar-refractivity contribution is 0.691. The summed E-state index contributed by atoms with van der Waals surface area (Å²) in [7, 11) is -5.53. The van der Waals surface area contributed by atoms with Crippen LogP contribution in [0.25, 0.3) is 0 Å². The quantitative estimate of drug-likeness (QED) is 0.144. The van der Waals surface area contributed by atoms with Crippen molar-refractivity contribution in [3.63, 3.8) is 0 Å². The summed E-state index contributed by atoms with van der Waals surface area (Å²) in [5, 5.41) is 9.85. The van der Waals surface area contributed by atoms with Crippen LogP contribution in [-0.4, -0.2) is 48.7 Å². The van der Waals surface area contributed by atoms with Crippen molar-refractivity contribution >= 4 is 37.1 Å². The van der Waals surface area contributed by atoms with Gasteiger partial charge in [0.25, 0.3) is 0 Å². The highest BCUT2D eigenvalue weighted by Crippen LogP contribution is 2.70. The Morgan fingerprint density at radius 1 is 0.722 bits per heavy atom. The van der Waals surface area contributed by atoms with E-state index in [0.29, 0.717) is 10.3 Å². The molecule has 0 aliphatic rings. The van der Waals surface area contributed by atoms with E-state index in [2.05, 4.69) is 124 Å². The van der Waals surface area contributed by atoms with Crippen molar-refractivity contribution in [1.29, 1.82) is 0 Å². The summed E-state index contributed by atoms with van der Waals surface area (Å²) in [5.74, 6) is 2.49. The number of benzene rings is 1. The van der Waals surface area contributed by atoms with Crippen LogP contribution in [0.1, 0.15) is 83.1 Å². The van der Waals surface area contributed by atoms with Gasteiger partial charge in [0.1, 0.15) is 16.5 Å². The molecule has 1 aromatic rings. The van der Waals surface area contributed by atoms with Gasteiger partial charge >= 0.3 is 0 Å². The summed E-state index contributed by atoms with van der Waals surface area (Å²) < 4.78 is 4.40. The Hall–Kier alpha value is -0.126. The van der Waals surface area contributed by atoms with E-state index in [1.165, 1.54) is 5.79 Å². The fraction of sp³-hybridized carbons (Fsp3) is 0.786. The third kappa shape index (κ3) is 9.56. The molecule has 8 heteroatoms. The van der Waals surface area contributed by atoms with Crippen LogP contribution >= 0.6 is 15.0 Å². The van der Waals surface area contributed by atoms with Crippen LogP contribution in [0, 0.1) is 0 Å². The maximum Gasteiger partial charge on any atom is 0.118 e. The largest absolute Gasteiger partial charge is 0.359 e. The first-order chi connectivity index (χ1) is 15.8. The van der Waals surface area contributed by atoms with Gasteiger partial charge in [0, 0.05) is 7.05 Å². The van der Waals surface area contributed by atoms with Crippen molar-refractivity contribution in [3.05, 3.63) is 30.3 Å². The molecule has 4 nitrogen and oxygen atoms in total. The molecule has 0 spiro atoms. The molecule has 0 aliphatic heterocycles. The highest BCUT2D eigenvalue weighted by Gasteiger charge is 2.49. The second-order valence-corrected chi connectivity index (χ2v) is 34.7. The molecule has 208 valence electrons. The SMILES string of the molecule is CC(C)(C)P(C[Si](C)(C)N[Si](C)(C)CP(=NN=Nc1ccccc1)(C(C)(C)C)C(C)(C)C)C(C)(C)C. The van der Waals surface area contributed by atoms with Gasteiger partial charge in [0.2, 0.25) is 0 Å². The minimum Gasteiger partial charge on any atom is -0.359 e. The third-order valence-corrected chi connectivity index (χ3v) is 29.7. The fourth-order valence-electron chi connectivity index (χ4n) is 5.86. The van der Waals surface area contributed by atoms with Crippen molar-refractivity contribution < 1.29 is 0 Å². The predicted molar refractivity (Wildman–Crippen MR) is 174 cm³/mol. The molecule has 0 saturated heterocycles. The summed E-state index contributed by atoms with van der Waals surface area (Å²) in [6.07, 6.45) is 0. The maximum absolute atomic E-state index is 5.23. The summed E-state index contributed by atoms with van der Waals surface area (Å²) in [6.45, 7) is 39.1. The van der Waals surface area contributed by atoms with E-state index in [4.69, 9.17) is 4.85 Å². The Bertz CT molecular complexity index is 898. The standard InChI is InChI=1S/C28H58N4P2Si2/c1-25(2,3)33(26(4,5)6)22-35(13,14)32-36(15,16)23-34(27(7,8)9,28(10,11)12)31-30-29-24-20-18-17-19-21-24/h17-21,32H,22-23H2,1-16H3. The molecule has 1 rings (SSSR count). The van der Waals surface area contributed by atoms with Crippen LogP contribution in [0.4, 0.5) is 5.69 Å². The zero-order valence-corrected chi connectivity index (χ0v) is 30.3. The predicted octanol–water partition coefficient (Wildman–Crippen LogP) is 10.6. The average molecular weight is 569 g/mol. The van der Waals surface area contributed by atoms with Gasteiger partial charge in [-0.2, -0.15) is 4.85 Å². The van der Waals surface area contributed by atoms with Gasteiger partial charge in [0.15, 0.2) is 0 Å². The zero-order valence-electron chi connectivity index (χ0n) is 26.5. The van der Waals surface area contributed by atoms with Crippen molar-refractivity contribution in [2.24, 2.45) is 15.2 Å². The molecule has 0 bridgehead atoms. The second-order valence-electron chi connectivity index (χ2n) is 15.7. The van der Waals surface area contributed by atoms with Crippen LogP contribution in [0.15, 0.2) is 45.5 Å².